The molecule has 6 nitrogen and oxygen atoms in total. The van der Waals surface area contributed by atoms with Gasteiger partial charge in [0.05, 0.1) is 22.5 Å². The Morgan fingerprint density at radius 1 is 1.31 bits per heavy atom. The van der Waals surface area contributed by atoms with Gasteiger partial charge in [-0.3, -0.25) is 0 Å². The molecule has 0 spiro atoms. The number of nitrogens with two attached hydrogens (primary N) is 1. The zero-order valence-electron chi connectivity index (χ0n) is 14.4. The van der Waals surface area contributed by atoms with Crippen LogP contribution in [0, 0.1) is 6.92 Å². The van der Waals surface area contributed by atoms with Gasteiger partial charge < -0.3 is 11.1 Å². The molecule has 10 heteroatoms. The maximum absolute atomic E-state index is 6.11. The first-order chi connectivity index (χ1) is 11.6. The lowest BCUT2D eigenvalue weighted by Crippen LogP contribution is -2.21. The standard InChI is InChI=1S/C16H19ClN6S.2ClH/c1-3-10(18)6-12-9(2)13-14(24-12)15(23-16(17)22-13)20-7-11-4-5-19-8-21-11;;/h4-5,8,10H,3,6-7,18H2,1-2H3,(H,20,22,23);2*1H/t10-;;/m0../s1. The van der Waals surface area contributed by atoms with Gasteiger partial charge in [0.25, 0.3) is 0 Å². The molecule has 0 unspecified atom stereocenters. The van der Waals surface area contributed by atoms with Crippen LogP contribution in [-0.2, 0) is 13.0 Å². The molecule has 0 aliphatic heterocycles. The molecule has 3 heterocycles. The first-order valence-electron chi connectivity index (χ1n) is 7.78. The van der Waals surface area contributed by atoms with E-state index in [4.69, 9.17) is 17.3 Å². The second-order valence-electron chi connectivity index (χ2n) is 5.60. The summed E-state index contributed by atoms with van der Waals surface area (Å²) in [7, 11) is 0. The number of hydrogen-bond acceptors (Lipinski definition) is 7. The van der Waals surface area contributed by atoms with Crippen LogP contribution in [0.1, 0.15) is 29.5 Å². The largest absolute Gasteiger partial charge is 0.363 e. The zero-order chi connectivity index (χ0) is 17.1. The lowest BCUT2D eigenvalue weighted by molar-refractivity contribution is 0.650. The Labute approximate surface area is 173 Å². The van der Waals surface area contributed by atoms with Gasteiger partial charge in [-0.2, -0.15) is 4.98 Å². The number of thiophene rings is 1. The number of rotatable bonds is 6. The zero-order valence-corrected chi connectivity index (χ0v) is 17.6. The van der Waals surface area contributed by atoms with E-state index in [2.05, 4.69) is 39.1 Å². The summed E-state index contributed by atoms with van der Waals surface area (Å²) < 4.78 is 1.00. The van der Waals surface area contributed by atoms with Crippen molar-refractivity contribution in [2.75, 3.05) is 5.32 Å². The van der Waals surface area contributed by atoms with E-state index in [-0.39, 0.29) is 36.1 Å². The fourth-order valence-electron chi connectivity index (χ4n) is 2.40. The van der Waals surface area contributed by atoms with Gasteiger partial charge in [-0.15, -0.1) is 36.2 Å². The number of nitrogens with zero attached hydrogens (tertiary/aromatic N) is 4. The van der Waals surface area contributed by atoms with E-state index in [1.165, 1.54) is 11.2 Å². The van der Waals surface area contributed by atoms with E-state index < -0.39 is 0 Å². The Balaban J connectivity index is 0.00000169. The van der Waals surface area contributed by atoms with Crippen molar-refractivity contribution in [2.45, 2.75) is 39.3 Å². The minimum absolute atomic E-state index is 0. The summed E-state index contributed by atoms with van der Waals surface area (Å²) in [5, 5.41) is 3.54. The van der Waals surface area contributed by atoms with E-state index in [1.54, 1.807) is 17.5 Å². The summed E-state index contributed by atoms with van der Waals surface area (Å²) in [6, 6.07) is 2.01. The number of anilines is 1. The van der Waals surface area contributed by atoms with E-state index in [1.807, 2.05) is 6.07 Å². The lowest BCUT2D eigenvalue weighted by Gasteiger charge is -2.06. The summed E-state index contributed by atoms with van der Waals surface area (Å²) in [5.41, 5.74) is 9.02. The highest BCUT2D eigenvalue weighted by atomic mass is 35.5. The second kappa shape index (κ2) is 10.2. The van der Waals surface area contributed by atoms with E-state index in [0.717, 1.165) is 40.1 Å². The van der Waals surface area contributed by atoms with Gasteiger partial charge in [0.1, 0.15) is 12.1 Å². The third-order valence-corrected chi connectivity index (χ3v) is 5.37. The Morgan fingerprint density at radius 2 is 2.08 bits per heavy atom. The van der Waals surface area contributed by atoms with Gasteiger partial charge in [0, 0.05) is 17.1 Å². The van der Waals surface area contributed by atoms with Crippen LogP contribution in [0.25, 0.3) is 10.2 Å². The summed E-state index contributed by atoms with van der Waals surface area (Å²) in [6.07, 6.45) is 5.02. The Morgan fingerprint density at radius 3 is 2.73 bits per heavy atom. The first kappa shape index (κ1) is 22.8. The SMILES string of the molecule is CC[C@H](N)Cc1sc2c(NCc3ccncn3)nc(Cl)nc2c1C.Cl.Cl. The third kappa shape index (κ3) is 5.14. The average Bonchev–Trinajstić information content (AvgIpc) is 2.90. The van der Waals surface area contributed by atoms with Crippen LogP contribution in [0.5, 0.6) is 0 Å². The highest BCUT2D eigenvalue weighted by Gasteiger charge is 2.17. The molecular formula is C16H21Cl3N6S. The maximum atomic E-state index is 6.11. The van der Waals surface area contributed by atoms with Gasteiger partial charge in [-0.05, 0) is 43.0 Å². The predicted octanol–water partition coefficient (Wildman–Crippen LogP) is 4.18. The molecule has 0 radical (unpaired) electrons. The lowest BCUT2D eigenvalue weighted by atomic mass is 10.1. The number of halogens is 3. The van der Waals surface area contributed by atoms with Crippen LogP contribution in [0.15, 0.2) is 18.6 Å². The van der Waals surface area contributed by atoms with Crippen LogP contribution in [0.3, 0.4) is 0 Å². The van der Waals surface area contributed by atoms with E-state index in [9.17, 15) is 0 Å². The molecule has 142 valence electrons. The molecule has 0 aliphatic rings. The van der Waals surface area contributed by atoms with Crippen LogP contribution < -0.4 is 11.1 Å². The summed E-state index contributed by atoms with van der Waals surface area (Å²) in [6.45, 7) is 4.71. The fourth-order valence-corrected chi connectivity index (χ4v) is 3.87. The fraction of sp³-hybridized carbons (Fsp3) is 0.375. The van der Waals surface area contributed by atoms with Crippen LogP contribution >= 0.6 is 47.8 Å². The number of hydrogen-bond donors (Lipinski definition) is 2. The molecule has 0 fully saturated rings. The monoisotopic (exact) mass is 434 g/mol. The van der Waals surface area contributed by atoms with Crippen molar-refractivity contribution in [2.24, 2.45) is 5.73 Å². The Kier molecular flexibility index (Phi) is 8.92. The van der Waals surface area contributed by atoms with Crippen molar-refractivity contribution in [3.8, 4) is 0 Å². The molecule has 1 atom stereocenters. The number of aryl methyl sites for hydroxylation is 1. The molecule has 3 rings (SSSR count). The van der Waals surface area contributed by atoms with Gasteiger partial charge in [-0.25, -0.2) is 15.0 Å². The molecule has 0 aromatic carbocycles. The smallest absolute Gasteiger partial charge is 0.224 e. The number of nitrogens with one attached hydrogen (secondary N) is 1. The number of fused-ring (bicyclic) bond motifs is 1. The highest BCUT2D eigenvalue weighted by Crippen LogP contribution is 2.35. The van der Waals surface area contributed by atoms with Gasteiger partial charge in [0.15, 0.2) is 0 Å². The van der Waals surface area contributed by atoms with E-state index in [0.29, 0.717) is 6.54 Å². The van der Waals surface area contributed by atoms with Crippen molar-refractivity contribution >= 4 is 63.8 Å². The van der Waals surface area contributed by atoms with Crippen molar-refractivity contribution in [1.82, 2.24) is 19.9 Å². The quantitative estimate of drug-likeness (QED) is 0.565. The van der Waals surface area contributed by atoms with Gasteiger partial charge in [0.2, 0.25) is 5.28 Å². The molecule has 3 aromatic rings. The second-order valence-corrected chi connectivity index (χ2v) is 7.04. The summed E-state index contributed by atoms with van der Waals surface area (Å²) in [5.74, 6) is 0.730. The van der Waals surface area contributed by atoms with Crippen molar-refractivity contribution in [3.05, 3.63) is 40.0 Å². The van der Waals surface area contributed by atoms with Crippen molar-refractivity contribution in [3.63, 3.8) is 0 Å². The molecule has 0 bridgehead atoms. The third-order valence-electron chi connectivity index (χ3n) is 3.89. The normalized spacial score (nSPS) is 11.5. The summed E-state index contributed by atoms with van der Waals surface area (Å²) >= 11 is 7.79. The average molecular weight is 436 g/mol. The number of aromatic nitrogens is 4. The molecule has 26 heavy (non-hydrogen) atoms. The Bertz CT molecular complexity index is 843. The van der Waals surface area contributed by atoms with Gasteiger partial charge >= 0.3 is 0 Å². The molecule has 0 aliphatic carbocycles. The van der Waals surface area contributed by atoms with Crippen LogP contribution in [0.4, 0.5) is 5.82 Å². The minimum Gasteiger partial charge on any atom is -0.363 e. The molecule has 0 saturated carbocycles. The highest BCUT2D eigenvalue weighted by molar-refractivity contribution is 7.19. The van der Waals surface area contributed by atoms with Gasteiger partial charge in [-0.1, -0.05) is 6.92 Å². The molecule has 0 amide bonds. The minimum atomic E-state index is 0. The maximum Gasteiger partial charge on any atom is 0.224 e. The predicted molar refractivity (Wildman–Crippen MR) is 113 cm³/mol. The molecular weight excluding hydrogens is 415 g/mol. The van der Waals surface area contributed by atoms with Crippen molar-refractivity contribution in [1.29, 1.82) is 0 Å². The first-order valence-corrected chi connectivity index (χ1v) is 8.97. The van der Waals surface area contributed by atoms with Crippen LogP contribution in [-0.4, -0.2) is 26.0 Å². The topological polar surface area (TPSA) is 89.6 Å². The summed E-state index contributed by atoms with van der Waals surface area (Å²) in [4.78, 5) is 18.1. The molecule has 0 saturated heterocycles. The Hall–Kier alpha value is -1.25. The molecule has 3 aromatic heterocycles. The molecule has 3 N–H and O–H groups in total. The van der Waals surface area contributed by atoms with Crippen LogP contribution in [0.2, 0.25) is 5.28 Å². The van der Waals surface area contributed by atoms with Crippen molar-refractivity contribution < 1.29 is 0 Å². The van der Waals surface area contributed by atoms with E-state index >= 15 is 0 Å².